The van der Waals surface area contributed by atoms with E-state index in [1.54, 1.807) is 6.07 Å². The Kier molecular flexibility index (Phi) is 12.2. The zero-order valence-electron chi connectivity index (χ0n) is 35.3. The molecule has 4 aliphatic carbocycles. The summed E-state index contributed by atoms with van der Waals surface area (Å²) in [5.74, 6) is 3.40. The van der Waals surface area contributed by atoms with Gasteiger partial charge in [0.25, 0.3) is 0 Å². The van der Waals surface area contributed by atoms with Crippen molar-refractivity contribution >= 4 is 54.7 Å². The molecule has 0 spiro atoms. The summed E-state index contributed by atoms with van der Waals surface area (Å²) in [6.45, 7) is 9.73. The van der Waals surface area contributed by atoms with Crippen LogP contribution < -0.4 is 28.3 Å². The third-order valence-corrected chi connectivity index (χ3v) is 15.7. The normalized spacial score (nSPS) is 27.8. The van der Waals surface area contributed by atoms with Crippen LogP contribution in [0.15, 0.2) is 97.1 Å². The molecule has 2 saturated heterocycles. The van der Waals surface area contributed by atoms with Crippen LogP contribution >= 0.6 is 0 Å². The maximum atomic E-state index is 13.1. The minimum absolute atomic E-state index is 0. The second-order valence-electron chi connectivity index (χ2n) is 18.3. The molecule has 2 N–H and O–H groups in total. The molecule has 4 unspecified atom stereocenters. The van der Waals surface area contributed by atoms with Crippen LogP contribution in [0.25, 0.3) is 0 Å². The van der Waals surface area contributed by atoms with Gasteiger partial charge < -0.3 is 11.2 Å². The van der Waals surface area contributed by atoms with Crippen LogP contribution in [0.3, 0.4) is 0 Å². The average molecular weight is 845 g/mol. The van der Waals surface area contributed by atoms with Gasteiger partial charge in [0.2, 0.25) is 26.0 Å². The largest absolute Gasteiger partial charge is 1.00 e. The van der Waals surface area contributed by atoms with E-state index >= 15 is 0 Å². The molecule has 4 aromatic carbocycles. The molecule has 10 rings (SSSR count). The minimum Gasteiger partial charge on any atom is -1.00 e. The number of carbonyl (C=O) groups is 1. The van der Waals surface area contributed by atoms with Gasteiger partial charge in [-0.2, -0.15) is 0 Å². The van der Waals surface area contributed by atoms with Crippen molar-refractivity contribution < 1.29 is 41.9 Å². The Morgan fingerprint density at radius 1 is 0.627 bits per heavy atom. The van der Waals surface area contributed by atoms with Gasteiger partial charge >= 0.3 is 18.9 Å². The number of hydrogen-bond donors (Lipinski definition) is 2. The van der Waals surface area contributed by atoms with Gasteiger partial charge in [0.1, 0.15) is 0 Å². The molecule has 0 radical (unpaired) electrons. The van der Waals surface area contributed by atoms with E-state index in [1.165, 1.54) is 53.5 Å². The zero-order chi connectivity index (χ0) is 39.9. The molecule has 308 valence electrons. The first-order valence-corrected chi connectivity index (χ1v) is 24.2. The molecule has 4 aromatic rings. The van der Waals surface area contributed by atoms with E-state index < -0.39 is 20.0 Å². The summed E-state index contributed by atoms with van der Waals surface area (Å²) in [6, 6.07) is 32.9. The maximum Gasteiger partial charge on any atom is 1.00 e. The van der Waals surface area contributed by atoms with Gasteiger partial charge in [-0.05, 0) is 113 Å². The predicted octanol–water partition coefficient (Wildman–Crippen LogP) is 2.04. The molecule has 59 heavy (non-hydrogen) atoms. The number of nitrogens with one attached hydrogen (secondary N) is 2. The number of carbonyl (C=O) groups excluding carboxylic acids is 1. The maximum absolute atomic E-state index is 13.1. The summed E-state index contributed by atoms with van der Waals surface area (Å²) in [5.41, 5.74) is 9.61. The molecule has 1 amide bonds. The Labute approximate surface area is 375 Å². The van der Waals surface area contributed by atoms with Crippen LogP contribution in [0.1, 0.15) is 48.7 Å². The van der Waals surface area contributed by atoms with Gasteiger partial charge in [0, 0.05) is 60.8 Å². The van der Waals surface area contributed by atoms with Crippen molar-refractivity contribution in [3.63, 3.8) is 0 Å². The number of likely N-dealkylation sites (tertiary alicyclic amines) is 2. The fourth-order valence-corrected chi connectivity index (χ4v) is 12.5. The molecule has 2 heterocycles. The SMILES string of the molecule is CC1(c2cccc(NS(C)(=O)=O)c2)C2CN(C(=O)C3Cc4ccccc4C3)CC21.CC1(c2cccc(NS(C)(=O)=O)c2)C2CN(CC3Cc4ccccc4C3)CC21.[AlH3].[H-].[Li+]. The number of sulfonamides is 2. The van der Waals surface area contributed by atoms with Crippen molar-refractivity contribution in [1.82, 2.24) is 9.80 Å². The summed E-state index contributed by atoms with van der Waals surface area (Å²) >= 11 is 0. The molecule has 13 heteroatoms. The Morgan fingerprint density at radius 3 is 1.42 bits per heavy atom. The van der Waals surface area contributed by atoms with Crippen LogP contribution in [0.4, 0.5) is 11.4 Å². The third kappa shape index (κ3) is 8.71. The first-order valence-electron chi connectivity index (χ1n) is 20.4. The Bertz CT molecular complexity index is 2400. The molecular weight excluding hydrogens is 787 g/mol. The number of anilines is 2. The molecule has 0 bridgehead atoms. The van der Waals surface area contributed by atoms with Crippen molar-refractivity contribution in [2.75, 3.05) is 54.7 Å². The van der Waals surface area contributed by atoms with Gasteiger partial charge in [0.05, 0.1) is 12.5 Å². The van der Waals surface area contributed by atoms with Crippen molar-refractivity contribution in [3.8, 4) is 0 Å². The fraction of sp³-hybridized carbons (Fsp3) is 0.457. The fourth-order valence-electron chi connectivity index (χ4n) is 11.4. The van der Waals surface area contributed by atoms with E-state index in [1.807, 2.05) is 30.3 Å². The standard InChI is InChI=1S/C23H26N2O3S.C23H28N2O2S.Al.Li.4H/c1-23(18-8-5-9-19(12-18)24-29(2,27)28)20-13-25(14-21(20)23)22(26)17-10-15-6-3-4-7-16(15)11-17;1-23(19-8-5-9-20(12-19)24-28(2,26)27)21-14-25(15-22(21)23)13-16-10-17-6-3-4-7-18(17)11-16;;;;;;/h3-9,12,17,20-21,24H,10-11,13-14H2,1-2H3;3-9,12,16,21-22,24H,10-11,13-15H2,1-2H3;;;;;;/q;;;+1;;;;-1. The summed E-state index contributed by atoms with van der Waals surface area (Å²) in [5, 5.41) is 0. The van der Waals surface area contributed by atoms with Gasteiger partial charge in [-0.3, -0.25) is 14.2 Å². The quantitative estimate of drug-likeness (QED) is 0.250. The molecule has 2 aliphatic heterocycles. The van der Waals surface area contributed by atoms with Crippen molar-refractivity contribution in [2.24, 2.45) is 35.5 Å². The van der Waals surface area contributed by atoms with Gasteiger partial charge in [-0.15, -0.1) is 0 Å². The number of rotatable bonds is 9. The number of amides is 1. The zero-order valence-corrected chi connectivity index (χ0v) is 36.0. The smallest absolute Gasteiger partial charge is 1.00 e. The number of hydrogen-bond acceptors (Lipinski definition) is 6. The topological polar surface area (TPSA) is 116 Å². The molecule has 6 aliphatic rings. The van der Waals surface area contributed by atoms with Crippen molar-refractivity contribution in [3.05, 3.63) is 130 Å². The first kappa shape index (κ1) is 44.0. The summed E-state index contributed by atoms with van der Waals surface area (Å²) < 4.78 is 51.4. The Morgan fingerprint density at radius 2 is 1.02 bits per heavy atom. The van der Waals surface area contributed by atoms with E-state index in [-0.39, 0.29) is 54.4 Å². The van der Waals surface area contributed by atoms with Gasteiger partial charge in [0.15, 0.2) is 17.4 Å². The first-order chi connectivity index (χ1) is 27.1. The molecule has 4 atom stereocenters. The van der Waals surface area contributed by atoms with Crippen LogP contribution in [0.5, 0.6) is 0 Å². The van der Waals surface area contributed by atoms with Crippen molar-refractivity contribution in [2.45, 2.75) is 50.4 Å². The Hall–Kier alpha value is -3.06. The number of fused-ring (bicyclic) bond motifs is 4. The number of piperidine rings is 2. The average Bonchev–Trinajstić information content (AvgIpc) is 3.65. The number of benzene rings is 4. The molecule has 9 nitrogen and oxygen atoms in total. The summed E-state index contributed by atoms with van der Waals surface area (Å²) in [6.07, 6.45) is 6.52. The summed E-state index contributed by atoms with van der Waals surface area (Å²) in [4.78, 5) is 17.8. The monoisotopic (exact) mass is 844 g/mol. The van der Waals surface area contributed by atoms with Crippen LogP contribution in [-0.2, 0) is 61.4 Å². The van der Waals surface area contributed by atoms with Gasteiger partial charge in [-0.25, -0.2) is 16.8 Å². The Balaban J connectivity index is 0.000000192. The van der Waals surface area contributed by atoms with E-state index in [4.69, 9.17) is 0 Å². The van der Waals surface area contributed by atoms with Gasteiger partial charge in [-0.1, -0.05) is 86.6 Å². The molecule has 2 saturated carbocycles. The van der Waals surface area contributed by atoms with Crippen LogP contribution in [0, 0.1) is 35.5 Å². The predicted molar refractivity (Wildman–Crippen MR) is 237 cm³/mol. The second-order valence-corrected chi connectivity index (χ2v) is 21.8. The second kappa shape index (κ2) is 16.3. The molecule has 4 fully saturated rings. The summed E-state index contributed by atoms with van der Waals surface area (Å²) in [7, 11) is -6.53. The van der Waals surface area contributed by atoms with E-state index in [2.05, 4.69) is 93.8 Å². The van der Waals surface area contributed by atoms with E-state index in [9.17, 15) is 21.6 Å². The molecular formula is C46H58AlLiN4O5S2. The third-order valence-electron chi connectivity index (χ3n) is 14.5. The van der Waals surface area contributed by atoms with Crippen molar-refractivity contribution in [1.29, 1.82) is 0 Å². The van der Waals surface area contributed by atoms with E-state index in [0.29, 0.717) is 41.0 Å². The minimum atomic E-state index is -3.29. The van der Waals surface area contributed by atoms with Crippen LogP contribution in [0.2, 0.25) is 0 Å². The number of nitrogens with zero attached hydrogens (tertiary/aromatic N) is 2. The van der Waals surface area contributed by atoms with Crippen LogP contribution in [-0.4, -0.2) is 95.1 Å². The molecule has 0 aromatic heterocycles. The van der Waals surface area contributed by atoms with E-state index in [0.717, 1.165) is 56.8 Å².